The molecule has 20 heavy (non-hydrogen) atoms. The minimum atomic E-state index is 0.0548. The van der Waals surface area contributed by atoms with E-state index in [0.29, 0.717) is 0 Å². The van der Waals surface area contributed by atoms with Crippen LogP contribution in [0.2, 0.25) is 0 Å². The second-order valence-electron chi connectivity index (χ2n) is 4.64. The molecule has 0 saturated carbocycles. The lowest BCUT2D eigenvalue weighted by molar-refractivity contribution is 0.401. The van der Waals surface area contributed by atoms with E-state index < -0.39 is 0 Å². The van der Waals surface area contributed by atoms with E-state index >= 15 is 0 Å². The Bertz CT molecular complexity index is 573. The molecule has 0 spiro atoms. The third-order valence-electron chi connectivity index (χ3n) is 3.44. The first-order chi connectivity index (χ1) is 9.62. The van der Waals surface area contributed by atoms with E-state index in [1.54, 1.807) is 13.3 Å². The molecule has 5 heteroatoms. The molecule has 4 nitrogen and oxygen atoms in total. The van der Waals surface area contributed by atoms with Crippen molar-refractivity contribution in [3.8, 4) is 5.75 Å². The Morgan fingerprint density at radius 1 is 1.45 bits per heavy atom. The van der Waals surface area contributed by atoms with Crippen molar-refractivity contribution in [2.24, 2.45) is 0 Å². The number of nitrogens with zero attached hydrogens (tertiary/aromatic N) is 2. The standard InChI is InChI=1S/C15H20BrN3O/c1-5-19-15(13(20-4)9-18-19)14(17-3)11-6-7-12(16)10(2)8-11/h6-9,14,17H,5H2,1-4H3. The summed E-state index contributed by atoms with van der Waals surface area (Å²) in [7, 11) is 3.63. The lowest BCUT2D eigenvalue weighted by Gasteiger charge is -2.20. The summed E-state index contributed by atoms with van der Waals surface area (Å²) in [5, 5.41) is 7.74. The molecule has 1 heterocycles. The SMILES string of the molecule is CCn1ncc(OC)c1C(NC)c1ccc(Br)c(C)c1. The van der Waals surface area contributed by atoms with Crippen LogP contribution < -0.4 is 10.1 Å². The first-order valence-electron chi connectivity index (χ1n) is 6.65. The van der Waals surface area contributed by atoms with E-state index in [1.165, 1.54) is 11.1 Å². The third kappa shape index (κ3) is 2.74. The minimum Gasteiger partial charge on any atom is -0.493 e. The van der Waals surface area contributed by atoms with Crippen molar-refractivity contribution in [3.05, 3.63) is 45.7 Å². The number of halogens is 1. The van der Waals surface area contributed by atoms with Crippen molar-refractivity contribution in [1.82, 2.24) is 15.1 Å². The fraction of sp³-hybridized carbons (Fsp3) is 0.400. The number of methoxy groups -OCH3 is 1. The molecule has 0 aliphatic carbocycles. The van der Waals surface area contributed by atoms with Crippen LogP contribution in [0.4, 0.5) is 0 Å². The quantitative estimate of drug-likeness (QED) is 0.909. The molecule has 0 bridgehead atoms. The molecular weight excluding hydrogens is 318 g/mol. The zero-order valence-electron chi connectivity index (χ0n) is 12.3. The van der Waals surface area contributed by atoms with Gasteiger partial charge in [0.15, 0.2) is 5.75 Å². The summed E-state index contributed by atoms with van der Waals surface area (Å²) < 4.78 is 8.54. The summed E-state index contributed by atoms with van der Waals surface area (Å²) in [6.45, 7) is 4.98. The molecule has 1 unspecified atom stereocenters. The number of rotatable bonds is 5. The number of hydrogen-bond acceptors (Lipinski definition) is 3. The second-order valence-corrected chi connectivity index (χ2v) is 5.50. The molecule has 2 rings (SSSR count). The molecular formula is C15H20BrN3O. The maximum atomic E-state index is 5.45. The molecule has 1 aromatic heterocycles. The van der Waals surface area contributed by atoms with Crippen LogP contribution in [0.3, 0.4) is 0 Å². The molecule has 0 aliphatic heterocycles. The predicted molar refractivity (Wildman–Crippen MR) is 84.2 cm³/mol. The van der Waals surface area contributed by atoms with Crippen LogP contribution in [0.25, 0.3) is 0 Å². The predicted octanol–water partition coefficient (Wildman–Crippen LogP) is 3.29. The van der Waals surface area contributed by atoms with Crippen LogP contribution in [0, 0.1) is 6.92 Å². The van der Waals surface area contributed by atoms with Crippen molar-refractivity contribution in [2.75, 3.05) is 14.2 Å². The van der Waals surface area contributed by atoms with Crippen LogP contribution in [-0.2, 0) is 6.54 Å². The summed E-state index contributed by atoms with van der Waals surface area (Å²) in [4.78, 5) is 0. The number of aryl methyl sites for hydroxylation is 2. The number of hydrogen-bond donors (Lipinski definition) is 1. The van der Waals surface area contributed by atoms with Crippen molar-refractivity contribution >= 4 is 15.9 Å². The van der Waals surface area contributed by atoms with Crippen molar-refractivity contribution in [3.63, 3.8) is 0 Å². The van der Waals surface area contributed by atoms with E-state index in [2.05, 4.69) is 58.4 Å². The number of aromatic nitrogens is 2. The van der Waals surface area contributed by atoms with E-state index in [0.717, 1.165) is 22.5 Å². The Kier molecular flexibility index (Phi) is 4.83. The Hall–Kier alpha value is -1.33. The second kappa shape index (κ2) is 6.41. The molecule has 0 fully saturated rings. The van der Waals surface area contributed by atoms with Gasteiger partial charge in [-0.3, -0.25) is 4.68 Å². The van der Waals surface area contributed by atoms with Gasteiger partial charge in [0.25, 0.3) is 0 Å². The maximum Gasteiger partial charge on any atom is 0.161 e. The monoisotopic (exact) mass is 337 g/mol. The first-order valence-corrected chi connectivity index (χ1v) is 7.44. The van der Waals surface area contributed by atoms with Crippen LogP contribution in [0.1, 0.15) is 29.8 Å². The van der Waals surface area contributed by atoms with E-state index in [4.69, 9.17) is 4.74 Å². The number of ether oxygens (including phenoxy) is 1. The third-order valence-corrected chi connectivity index (χ3v) is 4.33. The van der Waals surface area contributed by atoms with Gasteiger partial charge in [0.05, 0.1) is 19.3 Å². The molecule has 108 valence electrons. The Labute approximate surface area is 128 Å². The van der Waals surface area contributed by atoms with Gasteiger partial charge < -0.3 is 10.1 Å². The van der Waals surface area contributed by atoms with Crippen molar-refractivity contribution < 1.29 is 4.74 Å². The largest absolute Gasteiger partial charge is 0.493 e. The summed E-state index contributed by atoms with van der Waals surface area (Å²) >= 11 is 3.54. The Morgan fingerprint density at radius 3 is 2.75 bits per heavy atom. The van der Waals surface area contributed by atoms with Gasteiger partial charge in [0, 0.05) is 11.0 Å². The molecule has 1 N–H and O–H groups in total. The molecule has 0 radical (unpaired) electrons. The normalized spacial score (nSPS) is 12.4. The van der Waals surface area contributed by atoms with Gasteiger partial charge in [-0.15, -0.1) is 0 Å². The summed E-state index contributed by atoms with van der Waals surface area (Å²) in [6.07, 6.45) is 1.77. The van der Waals surface area contributed by atoms with Gasteiger partial charge in [0.1, 0.15) is 5.69 Å². The highest BCUT2D eigenvalue weighted by Crippen LogP contribution is 2.31. The van der Waals surface area contributed by atoms with Gasteiger partial charge in [0.2, 0.25) is 0 Å². The first kappa shape index (κ1) is 15.1. The fourth-order valence-electron chi connectivity index (χ4n) is 2.39. The van der Waals surface area contributed by atoms with Gasteiger partial charge in [-0.05, 0) is 38.1 Å². The smallest absolute Gasteiger partial charge is 0.161 e. The molecule has 2 aromatic rings. The lowest BCUT2D eigenvalue weighted by Crippen LogP contribution is -2.22. The minimum absolute atomic E-state index is 0.0548. The summed E-state index contributed by atoms with van der Waals surface area (Å²) in [6, 6.07) is 6.43. The van der Waals surface area contributed by atoms with Gasteiger partial charge in [-0.25, -0.2) is 0 Å². The molecule has 1 aromatic carbocycles. The van der Waals surface area contributed by atoms with Gasteiger partial charge >= 0.3 is 0 Å². The highest BCUT2D eigenvalue weighted by molar-refractivity contribution is 9.10. The maximum absolute atomic E-state index is 5.45. The number of nitrogens with one attached hydrogen (secondary N) is 1. The zero-order chi connectivity index (χ0) is 14.7. The average molecular weight is 338 g/mol. The lowest BCUT2D eigenvalue weighted by atomic mass is 10.0. The van der Waals surface area contributed by atoms with Crippen molar-refractivity contribution in [1.29, 1.82) is 0 Å². The van der Waals surface area contributed by atoms with E-state index in [1.807, 2.05) is 11.7 Å². The highest BCUT2D eigenvalue weighted by atomic mass is 79.9. The Balaban J connectivity index is 2.51. The summed E-state index contributed by atoms with van der Waals surface area (Å²) in [5.74, 6) is 0.812. The molecule has 0 amide bonds. The van der Waals surface area contributed by atoms with Gasteiger partial charge in [-0.1, -0.05) is 28.1 Å². The molecule has 0 aliphatic rings. The van der Waals surface area contributed by atoms with E-state index in [-0.39, 0.29) is 6.04 Å². The van der Waals surface area contributed by atoms with Crippen LogP contribution in [0.5, 0.6) is 5.75 Å². The van der Waals surface area contributed by atoms with Gasteiger partial charge in [-0.2, -0.15) is 5.10 Å². The van der Waals surface area contributed by atoms with E-state index in [9.17, 15) is 0 Å². The molecule has 0 saturated heterocycles. The number of benzene rings is 1. The summed E-state index contributed by atoms with van der Waals surface area (Å²) in [5.41, 5.74) is 3.46. The van der Waals surface area contributed by atoms with Crippen LogP contribution >= 0.6 is 15.9 Å². The topological polar surface area (TPSA) is 39.1 Å². The zero-order valence-corrected chi connectivity index (χ0v) is 13.9. The Morgan fingerprint density at radius 2 is 2.20 bits per heavy atom. The highest BCUT2D eigenvalue weighted by Gasteiger charge is 2.22. The van der Waals surface area contributed by atoms with Crippen molar-refractivity contribution in [2.45, 2.75) is 26.4 Å². The molecule has 1 atom stereocenters. The fourth-order valence-corrected chi connectivity index (χ4v) is 2.63. The average Bonchev–Trinajstić information content (AvgIpc) is 2.86. The van der Waals surface area contributed by atoms with Crippen LogP contribution in [0.15, 0.2) is 28.9 Å². The van der Waals surface area contributed by atoms with Crippen LogP contribution in [-0.4, -0.2) is 23.9 Å².